The first kappa shape index (κ1) is 30.4. The summed E-state index contributed by atoms with van der Waals surface area (Å²) < 4.78 is 25.6. The van der Waals surface area contributed by atoms with E-state index in [1.165, 1.54) is 25.3 Å². The van der Waals surface area contributed by atoms with Gasteiger partial charge in [-0.15, -0.1) is 11.8 Å². The molecule has 0 aromatic heterocycles. The zero-order valence-electron chi connectivity index (χ0n) is 22.1. The van der Waals surface area contributed by atoms with Gasteiger partial charge in [0, 0.05) is 21.6 Å². The van der Waals surface area contributed by atoms with Gasteiger partial charge in [0.15, 0.2) is 0 Å². The molecule has 0 radical (unpaired) electrons. The number of halogens is 2. The van der Waals surface area contributed by atoms with Crippen LogP contribution in [0.2, 0.25) is 5.02 Å². The van der Waals surface area contributed by atoms with Crippen molar-refractivity contribution >= 4 is 52.8 Å². The molecule has 10 heteroatoms. The molecule has 1 unspecified atom stereocenters. The Labute approximate surface area is 236 Å². The molecular weight excluding hydrogens is 545 g/mol. The molecule has 3 rings (SSSR count). The van der Waals surface area contributed by atoms with E-state index < -0.39 is 34.8 Å². The second kappa shape index (κ2) is 14.3. The SMILES string of the molecule is CCCCOC(=O)C1=C(C(=O)N(C(=O)c2ccccc2)c2cc(SC(C)C(=O)OC)c(Cl)cc2F)CCCC1. The molecule has 208 valence electrons. The Hall–Kier alpha value is -3.17. The molecule has 1 aliphatic carbocycles. The van der Waals surface area contributed by atoms with Crippen molar-refractivity contribution < 1.29 is 33.0 Å². The second-order valence-corrected chi connectivity index (χ2v) is 10.8. The predicted molar refractivity (Wildman–Crippen MR) is 148 cm³/mol. The van der Waals surface area contributed by atoms with Crippen LogP contribution in [0.15, 0.2) is 58.5 Å². The van der Waals surface area contributed by atoms with E-state index in [2.05, 4.69) is 0 Å². The molecule has 1 atom stereocenters. The van der Waals surface area contributed by atoms with Crippen molar-refractivity contribution in [3.05, 3.63) is 70.0 Å². The standard InChI is InChI=1S/C29H31ClFNO6S/c1-4-5-15-38-29(36)21-14-10-9-13-20(21)27(34)32(26(33)19-11-7-6-8-12-19)24-17-25(22(30)16-23(24)31)39-18(2)28(35)37-3/h6-8,11-12,16-18H,4-5,9-10,13-15H2,1-3H3. The highest BCUT2D eigenvalue weighted by Gasteiger charge is 2.34. The molecular formula is C29H31ClFNO6S. The van der Waals surface area contributed by atoms with Gasteiger partial charge in [-0.1, -0.05) is 43.1 Å². The summed E-state index contributed by atoms with van der Waals surface area (Å²) in [6.45, 7) is 3.78. The summed E-state index contributed by atoms with van der Waals surface area (Å²) in [7, 11) is 1.25. The Morgan fingerprint density at radius 2 is 1.72 bits per heavy atom. The Balaban J connectivity index is 2.13. The maximum absolute atomic E-state index is 15.5. The molecule has 0 saturated heterocycles. The number of methoxy groups -OCH3 is 1. The molecule has 2 amide bonds. The summed E-state index contributed by atoms with van der Waals surface area (Å²) in [5.41, 5.74) is 0.144. The van der Waals surface area contributed by atoms with Crippen LogP contribution in [0.1, 0.15) is 62.7 Å². The van der Waals surface area contributed by atoms with Crippen LogP contribution >= 0.6 is 23.4 Å². The summed E-state index contributed by atoms with van der Waals surface area (Å²) in [6.07, 6.45) is 3.39. The number of nitrogens with zero attached hydrogens (tertiary/aromatic N) is 1. The Morgan fingerprint density at radius 1 is 1.05 bits per heavy atom. The van der Waals surface area contributed by atoms with Crippen molar-refractivity contribution in [1.29, 1.82) is 0 Å². The number of benzene rings is 2. The molecule has 1 aliphatic rings. The molecule has 2 aromatic rings. The van der Waals surface area contributed by atoms with E-state index in [0.717, 1.165) is 29.1 Å². The Bertz CT molecular complexity index is 1270. The molecule has 2 aromatic carbocycles. The number of carbonyl (C=O) groups is 4. The first-order valence-electron chi connectivity index (χ1n) is 12.8. The molecule has 39 heavy (non-hydrogen) atoms. The lowest BCUT2D eigenvalue weighted by Gasteiger charge is -2.27. The monoisotopic (exact) mass is 575 g/mol. The molecule has 7 nitrogen and oxygen atoms in total. The van der Waals surface area contributed by atoms with Gasteiger partial charge in [0.1, 0.15) is 11.1 Å². The number of hydrogen-bond donors (Lipinski definition) is 0. The van der Waals surface area contributed by atoms with E-state index in [1.807, 2.05) is 6.92 Å². The number of thioether (sulfide) groups is 1. The Kier molecular flexibility index (Phi) is 11.1. The highest BCUT2D eigenvalue weighted by Crippen LogP contribution is 2.38. The summed E-state index contributed by atoms with van der Waals surface area (Å²) in [4.78, 5) is 53.7. The van der Waals surface area contributed by atoms with Crippen LogP contribution in [0.25, 0.3) is 0 Å². The number of carbonyl (C=O) groups excluding carboxylic acids is 4. The lowest BCUT2D eigenvalue weighted by Crippen LogP contribution is -2.40. The van der Waals surface area contributed by atoms with Crippen LogP contribution in [0.3, 0.4) is 0 Å². The van der Waals surface area contributed by atoms with Gasteiger partial charge < -0.3 is 9.47 Å². The van der Waals surface area contributed by atoms with Gasteiger partial charge in [-0.2, -0.15) is 0 Å². The average Bonchev–Trinajstić information content (AvgIpc) is 2.95. The van der Waals surface area contributed by atoms with Gasteiger partial charge in [-0.05, 0) is 63.3 Å². The summed E-state index contributed by atoms with van der Waals surface area (Å²) >= 11 is 7.28. The van der Waals surface area contributed by atoms with Crippen molar-refractivity contribution in [2.45, 2.75) is 62.5 Å². The minimum absolute atomic E-state index is 0.00800. The molecule has 0 fully saturated rings. The van der Waals surface area contributed by atoms with Crippen molar-refractivity contribution in [3.63, 3.8) is 0 Å². The third-order valence-electron chi connectivity index (χ3n) is 6.21. The lowest BCUT2D eigenvalue weighted by atomic mass is 9.90. The van der Waals surface area contributed by atoms with Crippen molar-refractivity contribution in [2.24, 2.45) is 0 Å². The number of amides is 2. The largest absolute Gasteiger partial charge is 0.468 e. The average molecular weight is 576 g/mol. The maximum Gasteiger partial charge on any atom is 0.334 e. The number of rotatable bonds is 10. The van der Waals surface area contributed by atoms with Crippen molar-refractivity contribution in [1.82, 2.24) is 0 Å². The molecule has 0 bridgehead atoms. The third-order valence-corrected chi connectivity index (χ3v) is 7.77. The number of ether oxygens (including phenoxy) is 2. The number of hydrogen-bond acceptors (Lipinski definition) is 7. The van der Waals surface area contributed by atoms with Gasteiger partial charge in [0.2, 0.25) is 0 Å². The third kappa shape index (κ3) is 7.48. The molecule has 0 saturated carbocycles. The molecule has 0 heterocycles. The van der Waals surface area contributed by atoms with Crippen molar-refractivity contribution in [3.8, 4) is 0 Å². The van der Waals surface area contributed by atoms with Crippen LogP contribution in [0.4, 0.5) is 10.1 Å². The molecule has 0 spiro atoms. The minimum atomic E-state index is -0.906. The van der Waals surface area contributed by atoms with Crippen LogP contribution in [-0.2, 0) is 23.9 Å². The van der Waals surface area contributed by atoms with Gasteiger partial charge in [0.25, 0.3) is 11.8 Å². The van der Waals surface area contributed by atoms with E-state index in [1.54, 1.807) is 25.1 Å². The van der Waals surface area contributed by atoms with Gasteiger partial charge in [-0.3, -0.25) is 14.4 Å². The topological polar surface area (TPSA) is 90.0 Å². The zero-order chi connectivity index (χ0) is 28.5. The van der Waals surface area contributed by atoms with Crippen LogP contribution in [0, 0.1) is 5.82 Å². The van der Waals surface area contributed by atoms with E-state index in [4.69, 9.17) is 21.1 Å². The maximum atomic E-state index is 15.5. The fourth-order valence-corrected chi connectivity index (χ4v) is 5.31. The van der Waals surface area contributed by atoms with Gasteiger partial charge in [0.05, 0.1) is 24.4 Å². The van der Waals surface area contributed by atoms with E-state index >= 15 is 4.39 Å². The van der Waals surface area contributed by atoms with Crippen LogP contribution in [-0.4, -0.2) is 42.7 Å². The molecule has 0 aliphatic heterocycles. The van der Waals surface area contributed by atoms with E-state index in [9.17, 15) is 19.2 Å². The number of imide groups is 1. The quantitative estimate of drug-likeness (QED) is 0.138. The van der Waals surface area contributed by atoms with Crippen LogP contribution < -0.4 is 4.90 Å². The number of unbranched alkanes of at least 4 members (excludes halogenated alkanes) is 1. The van der Waals surface area contributed by atoms with E-state index in [-0.39, 0.29) is 45.3 Å². The molecule has 0 N–H and O–H groups in total. The summed E-state index contributed by atoms with van der Waals surface area (Å²) in [6, 6.07) is 10.3. The number of anilines is 1. The normalized spacial score (nSPS) is 14.0. The smallest absolute Gasteiger partial charge is 0.334 e. The highest BCUT2D eigenvalue weighted by molar-refractivity contribution is 8.00. The first-order valence-corrected chi connectivity index (χ1v) is 14.0. The predicted octanol–water partition coefficient (Wildman–Crippen LogP) is 6.52. The summed E-state index contributed by atoms with van der Waals surface area (Å²) in [5.74, 6) is -3.59. The Morgan fingerprint density at radius 3 is 2.36 bits per heavy atom. The van der Waals surface area contributed by atoms with E-state index in [0.29, 0.717) is 25.7 Å². The van der Waals surface area contributed by atoms with Crippen molar-refractivity contribution in [2.75, 3.05) is 18.6 Å². The number of esters is 2. The van der Waals surface area contributed by atoms with Gasteiger partial charge >= 0.3 is 11.9 Å². The van der Waals surface area contributed by atoms with Crippen LogP contribution in [0.5, 0.6) is 0 Å². The second-order valence-electron chi connectivity index (χ2n) is 8.98. The zero-order valence-corrected chi connectivity index (χ0v) is 23.7. The lowest BCUT2D eigenvalue weighted by molar-refractivity contribution is -0.140. The van der Waals surface area contributed by atoms with Gasteiger partial charge in [-0.25, -0.2) is 14.1 Å². The highest BCUT2D eigenvalue weighted by atomic mass is 35.5. The fraction of sp³-hybridized carbons (Fsp3) is 0.379. The minimum Gasteiger partial charge on any atom is -0.468 e. The summed E-state index contributed by atoms with van der Waals surface area (Å²) in [5, 5.41) is -0.682. The first-order chi connectivity index (χ1) is 18.7. The fourth-order valence-electron chi connectivity index (χ4n) is 4.10.